The van der Waals surface area contributed by atoms with Crippen LogP contribution >= 0.6 is 11.8 Å². The highest BCUT2D eigenvalue weighted by molar-refractivity contribution is 7.99. The molecule has 2 N–H and O–H groups in total. The number of aromatic nitrogens is 3. The van der Waals surface area contributed by atoms with E-state index in [9.17, 15) is 9.59 Å². The zero-order valence-electron chi connectivity index (χ0n) is 10.4. The molecule has 0 saturated heterocycles. The van der Waals surface area contributed by atoms with Crippen molar-refractivity contribution in [3.05, 3.63) is 10.5 Å². The first kappa shape index (κ1) is 13.2. The molecule has 100 valence electrons. The molecule has 0 spiro atoms. The molecule has 1 aliphatic carbocycles. The van der Waals surface area contributed by atoms with Gasteiger partial charge in [0.15, 0.2) is 5.16 Å². The maximum Gasteiger partial charge on any atom is 0.343 e. The summed E-state index contributed by atoms with van der Waals surface area (Å²) in [5.41, 5.74) is -0.210. The summed E-state index contributed by atoms with van der Waals surface area (Å²) >= 11 is 1.30. The number of carbonyl (C=O) groups excluding carboxylic acids is 1. The van der Waals surface area contributed by atoms with Crippen LogP contribution in [0.1, 0.15) is 26.2 Å². The van der Waals surface area contributed by atoms with Crippen LogP contribution in [0.2, 0.25) is 0 Å². The van der Waals surface area contributed by atoms with Gasteiger partial charge >= 0.3 is 5.69 Å². The van der Waals surface area contributed by atoms with E-state index >= 15 is 0 Å². The van der Waals surface area contributed by atoms with Crippen LogP contribution in [0.25, 0.3) is 0 Å². The molecule has 0 atom stereocenters. The summed E-state index contributed by atoms with van der Waals surface area (Å²) in [6.45, 7) is 3.40. The summed E-state index contributed by atoms with van der Waals surface area (Å²) in [4.78, 5) is 23.0. The Hall–Kier alpha value is -1.24. The lowest BCUT2D eigenvalue weighted by Crippen LogP contribution is -2.27. The topological polar surface area (TPSA) is 79.8 Å². The first-order valence-electron chi connectivity index (χ1n) is 6.25. The molecule has 0 radical (unpaired) electrons. The lowest BCUT2D eigenvalue weighted by atomic mass is 10.4. The number of hydrogen-bond acceptors (Lipinski definition) is 4. The molecule has 0 aromatic carbocycles. The summed E-state index contributed by atoms with van der Waals surface area (Å²) in [6.07, 6.45) is 3.31. The fourth-order valence-electron chi connectivity index (χ4n) is 1.60. The number of rotatable bonds is 7. The molecule has 1 aromatic rings. The van der Waals surface area contributed by atoms with Crippen molar-refractivity contribution in [2.75, 3.05) is 12.3 Å². The molecule has 7 heteroatoms. The van der Waals surface area contributed by atoms with Crippen LogP contribution in [0.15, 0.2) is 9.95 Å². The average molecular weight is 270 g/mol. The van der Waals surface area contributed by atoms with Crippen molar-refractivity contribution in [2.24, 2.45) is 5.92 Å². The van der Waals surface area contributed by atoms with E-state index in [2.05, 4.69) is 15.5 Å². The highest BCUT2D eigenvalue weighted by atomic mass is 32.2. The van der Waals surface area contributed by atoms with E-state index in [0.29, 0.717) is 23.4 Å². The molecule has 1 aromatic heterocycles. The number of amides is 1. The van der Waals surface area contributed by atoms with E-state index in [1.54, 1.807) is 4.57 Å². The SMILES string of the molecule is CCCn1c(SCC(=O)NCC2CC2)n[nH]c1=O. The van der Waals surface area contributed by atoms with Gasteiger partial charge in [0.2, 0.25) is 5.91 Å². The number of carbonyl (C=O) groups is 1. The second kappa shape index (κ2) is 6.08. The van der Waals surface area contributed by atoms with E-state index in [0.717, 1.165) is 13.0 Å². The summed E-state index contributed by atoms with van der Waals surface area (Å²) in [5, 5.41) is 9.81. The second-order valence-electron chi connectivity index (χ2n) is 4.50. The molecule has 6 nitrogen and oxygen atoms in total. The van der Waals surface area contributed by atoms with Crippen LogP contribution in [0.5, 0.6) is 0 Å². The van der Waals surface area contributed by atoms with E-state index < -0.39 is 0 Å². The van der Waals surface area contributed by atoms with Gasteiger partial charge in [0.05, 0.1) is 5.75 Å². The lowest BCUT2D eigenvalue weighted by Gasteiger charge is -2.04. The van der Waals surface area contributed by atoms with Gasteiger partial charge in [0.1, 0.15) is 0 Å². The van der Waals surface area contributed by atoms with Crippen molar-refractivity contribution in [2.45, 2.75) is 37.9 Å². The Kier molecular flexibility index (Phi) is 4.46. The van der Waals surface area contributed by atoms with Crippen LogP contribution in [0.3, 0.4) is 0 Å². The normalized spacial score (nSPS) is 14.7. The first-order chi connectivity index (χ1) is 8.70. The summed E-state index contributed by atoms with van der Waals surface area (Å²) < 4.78 is 1.57. The van der Waals surface area contributed by atoms with Crippen molar-refractivity contribution in [3.8, 4) is 0 Å². The Labute approximate surface area is 110 Å². The highest BCUT2D eigenvalue weighted by Gasteiger charge is 2.21. The zero-order valence-corrected chi connectivity index (χ0v) is 11.3. The molecule has 0 aliphatic heterocycles. The number of nitrogens with one attached hydrogen (secondary N) is 2. The predicted molar refractivity (Wildman–Crippen MR) is 69.6 cm³/mol. The molecule has 0 bridgehead atoms. The third-order valence-corrected chi connectivity index (χ3v) is 3.76. The van der Waals surface area contributed by atoms with Gasteiger partial charge in [-0.15, -0.1) is 5.10 Å². The van der Waals surface area contributed by atoms with Gasteiger partial charge in [-0.05, 0) is 25.2 Å². The van der Waals surface area contributed by atoms with Crippen LogP contribution in [0.4, 0.5) is 0 Å². The van der Waals surface area contributed by atoms with Gasteiger partial charge in [-0.1, -0.05) is 18.7 Å². The molecule has 1 saturated carbocycles. The molecule has 0 unspecified atom stereocenters. The fraction of sp³-hybridized carbons (Fsp3) is 0.727. The largest absolute Gasteiger partial charge is 0.355 e. The Bertz CT molecular complexity index is 464. The van der Waals surface area contributed by atoms with E-state index in [1.807, 2.05) is 6.92 Å². The molecule has 1 heterocycles. The Morgan fingerprint density at radius 1 is 1.61 bits per heavy atom. The molecule has 1 aliphatic rings. The Morgan fingerprint density at radius 3 is 3.06 bits per heavy atom. The zero-order chi connectivity index (χ0) is 13.0. The quantitative estimate of drug-likeness (QED) is 0.711. The van der Waals surface area contributed by atoms with Crippen molar-refractivity contribution >= 4 is 17.7 Å². The highest BCUT2D eigenvalue weighted by Crippen LogP contribution is 2.27. The molecule has 1 amide bonds. The van der Waals surface area contributed by atoms with E-state index in [4.69, 9.17) is 0 Å². The number of thioether (sulfide) groups is 1. The van der Waals surface area contributed by atoms with Gasteiger partial charge < -0.3 is 5.32 Å². The first-order valence-corrected chi connectivity index (χ1v) is 7.24. The predicted octanol–water partition coefficient (Wildman–Crippen LogP) is 0.600. The van der Waals surface area contributed by atoms with Gasteiger partial charge in [-0.2, -0.15) is 0 Å². The number of aromatic amines is 1. The monoisotopic (exact) mass is 270 g/mol. The lowest BCUT2D eigenvalue weighted by molar-refractivity contribution is -0.118. The van der Waals surface area contributed by atoms with Crippen LogP contribution in [-0.2, 0) is 11.3 Å². The molecular formula is C11H18N4O2S. The summed E-state index contributed by atoms with van der Waals surface area (Å²) in [6, 6.07) is 0. The number of H-pyrrole nitrogens is 1. The second-order valence-corrected chi connectivity index (χ2v) is 5.44. The van der Waals surface area contributed by atoms with Crippen LogP contribution in [0, 0.1) is 5.92 Å². The van der Waals surface area contributed by atoms with Crippen molar-refractivity contribution in [1.29, 1.82) is 0 Å². The fourth-order valence-corrected chi connectivity index (χ4v) is 2.40. The minimum absolute atomic E-state index is 0.00500. The third-order valence-electron chi connectivity index (χ3n) is 2.79. The van der Waals surface area contributed by atoms with Crippen molar-refractivity contribution in [1.82, 2.24) is 20.1 Å². The third kappa shape index (κ3) is 3.63. The molecule has 2 rings (SSSR count). The van der Waals surface area contributed by atoms with Crippen LogP contribution in [-0.4, -0.2) is 33.0 Å². The van der Waals surface area contributed by atoms with Gasteiger partial charge in [0, 0.05) is 13.1 Å². The molecular weight excluding hydrogens is 252 g/mol. The van der Waals surface area contributed by atoms with Gasteiger partial charge in [0.25, 0.3) is 0 Å². The Morgan fingerprint density at radius 2 is 2.39 bits per heavy atom. The summed E-state index contributed by atoms with van der Waals surface area (Å²) in [5.74, 6) is 0.994. The van der Waals surface area contributed by atoms with E-state index in [-0.39, 0.29) is 11.6 Å². The van der Waals surface area contributed by atoms with Gasteiger partial charge in [-0.3, -0.25) is 9.36 Å². The molecule has 18 heavy (non-hydrogen) atoms. The average Bonchev–Trinajstić information content (AvgIpc) is 3.12. The number of hydrogen-bond donors (Lipinski definition) is 2. The summed E-state index contributed by atoms with van der Waals surface area (Å²) in [7, 11) is 0. The minimum atomic E-state index is -0.210. The standard InChI is InChI=1S/C11H18N4O2S/c1-2-5-15-10(17)13-14-11(15)18-7-9(16)12-6-8-3-4-8/h8H,2-7H2,1H3,(H,12,16)(H,13,17). The van der Waals surface area contributed by atoms with Crippen molar-refractivity contribution < 1.29 is 4.79 Å². The molecule has 1 fully saturated rings. The van der Waals surface area contributed by atoms with E-state index in [1.165, 1.54) is 24.6 Å². The minimum Gasteiger partial charge on any atom is -0.355 e. The van der Waals surface area contributed by atoms with Crippen LogP contribution < -0.4 is 11.0 Å². The smallest absolute Gasteiger partial charge is 0.343 e. The Balaban J connectivity index is 1.81. The van der Waals surface area contributed by atoms with Crippen molar-refractivity contribution in [3.63, 3.8) is 0 Å². The van der Waals surface area contributed by atoms with Gasteiger partial charge in [-0.25, -0.2) is 9.89 Å². The number of nitrogens with zero attached hydrogens (tertiary/aromatic N) is 2. The maximum atomic E-state index is 11.6. The maximum absolute atomic E-state index is 11.6.